The van der Waals surface area contributed by atoms with Crippen molar-refractivity contribution in [1.29, 1.82) is 0 Å². The highest BCUT2D eigenvalue weighted by molar-refractivity contribution is 5.14. The van der Waals surface area contributed by atoms with E-state index in [0.717, 1.165) is 5.56 Å². The normalized spacial score (nSPS) is 24.3. The average Bonchev–Trinajstić information content (AvgIpc) is 2.74. The summed E-state index contributed by atoms with van der Waals surface area (Å²) >= 11 is 0. The molecule has 1 heterocycles. The van der Waals surface area contributed by atoms with Gasteiger partial charge in [0.15, 0.2) is 0 Å². The first-order valence-corrected chi connectivity index (χ1v) is 5.48. The molecule has 1 aromatic carbocycles. The first-order valence-electron chi connectivity index (χ1n) is 5.48. The predicted molar refractivity (Wildman–Crippen MR) is 61.7 cm³/mol. The van der Waals surface area contributed by atoms with E-state index in [0.29, 0.717) is 25.3 Å². The molecule has 1 aliphatic rings. The summed E-state index contributed by atoms with van der Waals surface area (Å²) in [5, 5.41) is 3.04. The van der Waals surface area contributed by atoms with E-state index >= 15 is 0 Å². The van der Waals surface area contributed by atoms with Gasteiger partial charge in [-0.05, 0) is 5.56 Å². The Bertz CT molecular complexity index is 352. The van der Waals surface area contributed by atoms with Gasteiger partial charge in [-0.1, -0.05) is 36.9 Å². The lowest BCUT2D eigenvalue weighted by molar-refractivity contribution is 0.176. The Morgan fingerprint density at radius 1 is 1.44 bits per heavy atom. The van der Waals surface area contributed by atoms with Gasteiger partial charge >= 0.3 is 0 Å². The number of nitrogens with one attached hydrogen (secondary N) is 1. The second kappa shape index (κ2) is 5.12. The van der Waals surface area contributed by atoms with Crippen LogP contribution in [0.5, 0.6) is 0 Å². The molecule has 1 saturated heterocycles. The number of hydrogen-bond acceptors (Lipinski definition) is 2. The van der Waals surface area contributed by atoms with Crippen molar-refractivity contribution in [1.82, 2.24) is 5.32 Å². The maximum absolute atomic E-state index is 12.9. The molecule has 0 amide bonds. The van der Waals surface area contributed by atoms with Crippen LogP contribution in [0.3, 0.4) is 0 Å². The quantitative estimate of drug-likeness (QED) is 0.788. The van der Waals surface area contributed by atoms with E-state index in [2.05, 4.69) is 11.9 Å². The highest BCUT2D eigenvalue weighted by atomic mass is 19.1. The van der Waals surface area contributed by atoms with Crippen LogP contribution in [-0.4, -0.2) is 18.8 Å². The number of alkyl halides is 1. The Hall–Kier alpha value is -1.35. The first kappa shape index (κ1) is 11.1. The molecule has 2 rings (SSSR count). The van der Waals surface area contributed by atoms with Crippen LogP contribution in [0.15, 0.2) is 42.7 Å². The van der Waals surface area contributed by atoms with Gasteiger partial charge in [-0.15, -0.1) is 0 Å². The summed E-state index contributed by atoms with van der Waals surface area (Å²) in [7, 11) is 0. The maximum Gasteiger partial charge on any atom is 0.114 e. The first-order chi connectivity index (χ1) is 7.75. The minimum atomic E-state index is -0.776. The summed E-state index contributed by atoms with van der Waals surface area (Å²) in [6.07, 6.45) is -0.310. The fourth-order valence-corrected chi connectivity index (χ4v) is 1.79. The van der Waals surface area contributed by atoms with Crippen LogP contribution in [0.1, 0.15) is 12.0 Å². The molecule has 3 heteroatoms. The molecule has 1 aromatic rings. The van der Waals surface area contributed by atoms with Crippen molar-refractivity contribution in [3.63, 3.8) is 0 Å². The Kier molecular flexibility index (Phi) is 3.57. The summed E-state index contributed by atoms with van der Waals surface area (Å²) in [5.41, 5.74) is 1.10. The summed E-state index contributed by atoms with van der Waals surface area (Å²) < 4.78 is 18.5. The molecule has 0 aromatic heterocycles. The molecule has 86 valence electrons. The molecule has 1 fully saturated rings. The minimum Gasteiger partial charge on any atom is -0.492 e. The minimum absolute atomic E-state index is 0.0429. The molecular formula is C13H16FNO. The smallest absolute Gasteiger partial charge is 0.114 e. The fraction of sp³-hybridized carbons (Fsp3) is 0.385. The monoisotopic (exact) mass is 221 g/mol. The Labute approximate surface area is 95.1 Å². The van der Waals surface area contributed by atoms with Crippen molar-refractivity contribution in [2.45, 2.75) is 25.2 Å². The Balaban J connectivity index is 1.80. The molecule has 16 heavy (non-hydrogen) atoms. The molecule has 1 aliphatic heterocycles. The van der Waals surface area contributed by atoms with Crippen LogP contribution in [0.4, 0.5) is 4.39 Å². The molecule has 2 atom stereocenters. The van der Waals surface area contributed by atoms with Crippen LogP contribution >= 0.6 is 0 Å². The second-order valence-electron chi connectivity index (χ2n) is 4.03. The fourth-order valence-electron chi connectivity index (χ4n) is 1.79. The third-order valence-electron chi connectivity index (χ3n) is 2.73. The zero-order valence-corrected chi connectivity index (χ0v) is 9.16. The van der Waals surface area contributed by atoms with E-state index in [1.807, 2.05) is 30.3 Å². The van der Waals surface area contributed by atoms with Gasteiger partial charge in [0.2, 0.25) is 0 Å². The predicted octanol–water partition coefficient (Wildman–Crippen LogP) is 2.42. The third-order valence-corrected chi connectivity index (χ3v) is 2.73. The van der Waals surface area contributed by atoms with E-state index < -0.39 is 6.17 Å². The molecule has 1 N–H and O–H groups in total. The van der Waals surface area contributed by atoms with Crippen LogP contribution in [0, 0.1) is 0 Å². The van der Waals surface area contributed by atoms with Crippen molar-refractivity contribution in [3.8, 4) is 0 Å². The van der Waals surface area contributed by atoms with E-state index in [9.17, 15) is 4.39 Å². The maximum atomic E-state index is 12.9. The van der Waals surface area contributed by atoms with Gasteiger partial charge in [0.05, 0.1) is 6.04 Å². The van der Waals surface area contributed by atoms with Gasteiger partial charge in [-0.25, -0.2) is 4.39 Å². The van der Waals surface area contributed by atoms with Crippen molar-refractivity contribution in [3.05, 3.63) is 48.2 Å². The van der Waals surface area contributed by atoms with E-state index in [-0.39, 0.29) is 6.04 Å². The third kappa shape index (κ3) is 2.83. The molecule has 2 unspecified atom stereocenters. The molecule has 0 spiro atoms. The van der Waals surface area contributed by atoms with E-state index in [1.54, 1.807) is 0 Å². The van der Waals surface area contributed by atoms with Crippen LogP contribution in [0.25, 0.3) is 0 Å². The summed E-state index contributed by atoms with van der Waals surface area (Å²) in [5.74, 6) is 0.629. The molecule has 0 radical (unpaired) electrons. The van der Waals surface area contributed by atoms with Crippen molar-refractivity contribution < 1.29 is 9.13 Å². The number of halogens is 1. The Morgan fingerprint density at radius 2 is 2.19 bits per heavy atom. The molecular weight excluding hydrogens is 205 g/mol. The Morgan fingerprint density at radius 3 is 2.81 bits per heavy atom. The van der Waals surface area contributed by atoms with Crippen molar-refractivity contribution >= 4 is 0 Å². The van der Waals surface area contributed by atoms with Gasteiger partial charge in [0, 0.05) is 13.0 Å². The van der Waals surface area contributed by atoms with Gasteiger partial charge in [0.25, 0.3) is 0 Å². The number of hydrogen-bond donors (Lipinski definition) is 1. The van der Waals surface area contributed by atoms with Crippen molar-refractivity contribution in [2.24, 2.45) is 0 Å². The number of ether oxygens (including phenoxy) is 1. The standard InChI is InChI=1S/C13H16FNO/c1-10(13-7-12(14)8-15-13)16-9-11-5-3-2-4-6-11/h2-6,12-13,15H,1,7-9H2. The number of benzene rings is 1. The second-order valence-corrected chi connectivity index (χ2v) is 4.03. The highest BCUT2D eigenvalue weighted by Crippen LogP contribution is 2.17. The molecule has 0 saturated carbocycles. The number of rotatable bonds is 4. The molecule has 0 bridgehead atoms. The average molecular weight is 221 g/mol. The van der Waals surface area contributed by atoms with E-state index in [4.69, 9.17) is 4.74 Å². The zero-order chi connectivity index (χ0) is 11.4. The van der Waals surface area contributed by atoms with E-state index in [1.165, 1.54) is 0 Å². The van der Waals surface area contributed by atoms with Gasteiger partial charge in [0.1, 0.15) is 18.5 Å². The summed E-state index contributed by atoms with van der Waals surface area (Å²) in [4.78, 5) is 0. The molecule has 2 nitrogen and oxygen atoms in total. The van der Waals surface area contributed by atoms with Crippen LogP contribution in [0.2, 0.25) is 0 Å². The highest BCUT2D eigenvalue weighted by Gasteiger charge is 2.26. The zero-order valence-electron chi connectivity index (χ0n) is 9.16. The summed E-state index contributed by atoms with van der Waals surface area (Å²) in [6.45, 7) is 4.73. The lowest BCUT2D eigenvalue weighted by Crippen LogP contribution is -2.24. The SMILES string of the molecule is C=C(OCc1ccccc1)C1CC(F)CN1. The van der Waals surface area contributed by atoms with Crippen LogP contribution < -0.4 is 5.32 Å². The lowest BCUT2D eigenvalue weighted by Gasteiger charge is -2.15. The largest absolute Gasteiger partial charge is 0.492 e. The molecule has 0 aliphatic carbocycles. The van der Waals surface area contributed by atoms with Gasteiger partial charge < -0.3 is 10.1 Å². The summed E-state index contributed by atoms with van der Waals surface area (Å²) in [6, 6.07) is 9.84. The lowest BCUT2D eigenvalue weighted by atomic mass is 10.2. The van der Waals surface area contributed by atoms with Gasteiger partial charge in [-0.3, -0.25) is 0 Å². The van der Waals surface area contributed by atoms with Crippen LogP contribution in [-0.2, 0) is 11.3 Å². The van der Waals surface area contributed by atoms with Crippen molar-refractivity contribution in [2.75, 3.05) is 6.54 Å². The van der Waals surface area contributed by atoms with Gasteiger partial charge in [-0.2, -0.15) is 0 Å². The topological polar surface area (TPSA) is 21.3 Å².